The van der Waals surface area contributed by atoms with Gasteiger partial charge in [-0.1, -0.05) is 23.2 Å². The normalized spacial score (nSPS) is 12.6. The average Bonchev–Trinajstić information content (AvgIpc) is 2.12. The minimum absolute atomic E-state index is 0.383. The van der Waals surface area contributed by atoms with E-state index in [-0.39, 0.29) is 10.0 Å². The molecule has 0 amide bonds. The number of hydrogen-bond donors (Lipinski definition) is 0. The summed E-state index contributed by atoms with van der Waals surface area (Å²) < 4.78 is 62.2. The first-order valence-corrected chi connectivity index (χ1v) is 7.20. The predicted molar refractivity (Wildman–Crippen MR) is 61.1 cm³/mol. The van der Waals surface area contributed by atoms with Gasteiger partial charge in [0.2, 0.25) is 0 Å². The molecule has 0 aliphatic heterocycles. The lowest BCUT2D eigenvalue weighted by Gasteiger charge is -2.12. The highest BCUT2D eigenvalue weighted by Crippen LogP contribution is 2.37. The summed E-state index contributed by atoms with van der Waals surface area (Å²) in [6, 6.07) is 1.70. The van der Waals surface area contributed by atoms with Crippen molar-refractivity contribution in [2.24, 2.45) is 0 Å². The summed E-state index contributed by atoms with van der Waals surface area (Å²) in [5, 5.41) is -0.767. The molecule has 0 aromatic heterocycles. The van der Waals surface area contributed by atoms with E-state index < -0.39 is 32.5 Å². The highest BCUT2D eigenvalue weighted by molar-refractivity contribution is 8.13. The van der Waals surface area contributed by atoms with Crippen molar-refractivity contribution in [1.82, 2.24) is 0 Å². The van der Waals surface area contributed by atoms with Gasteiger partial charge in [0.25, 0.3) is 9.05 Å². The van der Waals surface area contributed by atoms with E-state index in [1.165, 1.54) is 0 Å². The van der Waals surface area contributed by atoms with Gasteiger partial charge in [0.05, 0.1) is 14.9 Å². The molecule has 10 heteroatoms. The molecular weight excluding hydrogens is 340 g/mol. The minimum Gasteiger partial charge on any atom is -0.481 e. The van der Waals surface area contributed by atoms with E-state index in [0.29, 0.717) is 0 Å². The van der Waals surface area contributed by atoms with E-state index in [4.69, 9.17) is 33.9 Å². The maximum absolute atomic E-state index is 11.9. The lowest BCUT2D eigenvalue weighted by atomic mass is 10.3. The van der Waals surface area contributed by atoms with Crippen molar-refractivity contribution in [2.45, 2.75) is 11.1 Å². The van der Waals surface area contributed by atoms with Gasteiger partial charge in [0, 0.05) is 10.7 Å². The van der Waals surface area contributed by atoms with Gasteiger partial charge in [-0.05, 0) is 12.1 Å². The SMILES string of the molecule is O=S(=O)(Cl)c1cc(Cl)c(OCC(F)(F)F)c(Cl)c1. The molecule has 0 unspecified atom stereocenters. The zero-order valence-corrected chi connectivity index (χ0v) is 11.3. The van der Waals surface area contributed by atoms with Crippen LogP contribution in [0.3, 0.4) is 0 Å². The van der Waals surface area contributed by atoms with E-state index in [0.717, 1.165) is 12.1 Å². The lowest BCUT2D eigenvalue weighted by Crippen LogP contribution is -2.19. The van der Waals surface area contributed by atoms with Crippen LogP contribution in [0.4, 0.5) is 13.2 Å². The zero-order valence-electron chi connectivity index (χ0n) is 8.26. The molecule has 18 heavy (non-hydrogen) atoms. The van der Waals surface area contributed by atoms with Gasteiger partial charge >= 0.3 is 6.18 Å². The molecule has 0 aliphatic rings. The molecular formula is C8H4Cl3F3O3S. The van der Waals surface area contributed by atoms with Crippen molar-refractivity contribution in [3.63, 3.8) is 0 Å². The Morgan fingerprint density at radius 1 is 1.17 bits per heavy atom. The number of ether oxygens (including phenoxy) is 1. The second-order valence-corrected chi connectivity index (χ2v) is 6.44. The maximum Gasteiger partial charge on any atom is 0.422 e. The Morgan fingerprint density at radius 3 is 1.94 bits per heavy atom. The molecule has 3 nitrogen and oxygen atoms in total. The van der Waals surface area contributed by atoms with Gasteiger partial charge in [0.1, 0.15) is 0 Å². The van der Waals surface area contributed by atoms with Crippen LogP contribution in [-0.2, 0) is 9.05 Å². The average molecular weight is 344 g/mol. The van der Waals surface area contributed by atoms with Crippen LogP contribution in [0.1, 0.15) is 0 Å². The Kier molecular flexibility index (Phi) is 4.64. The smallest absolute Gasteiger partial charge is 0.422 e. The van der Waals surface area contributed by atoms with Crippen LogP contribution in [0.15, 0.2) is 17.0 Å². The molecule has 0 radical (unpaired) electrons. The summed E-state index contributed by atoms with van der Waals surface area (Å²) in [7, 11) is 0.956. The third kappa shape index (κ3) is 4.38. The van der Waals surface area contributed by atoms with Gasteiger partial charge < -0.3 is 4.74 Å². The van der Waals surface area contributed by atoms with Crippen LogP contribution >= 0.6 is 33.9 Å². The first kappa shape index (κ1) is 15.7. The monoisotopic (exact) mass is 342 g/mol. The zero-order chi connectivity index (χ0) is 14.1. The number of benzene rings is 1. The second-order valence-electron chi connectivity index (χ2n) is 3.06. The second kappa shape index (κ2) is 5.32. The third-order valence-corrected chi connectivity index (χ3v) is 3.53. The molecule has 0 bridgehead atoms. The van der Waals surface area contributed by atoms with E-state index in [1.54, 1.807) is 0 Å². The highest BCUT2D eigenvalue weighted by atomic mass is 35.7. The Hall–Kier alpha value is -0.370. The Labute approximate surface area is 115 Å². The van der Waals surface area contributed by atoms with Gasteiger partial charge in [-0.2, -0.15) is 13.2 Å². The summed E-state index contributed by atoms with van der Waals surface area (Å²) in [5.74, 6) is -0.459. The highest BCUT2D eigenvalue weighted by Gasteiger charge is 2.29. The van der Waals surface area contributed by atoms with Crippen molar-refractivity contribution in [2.75, 3.05) is 6.61 Å². The van der Waals surface area contributed by atoms with E-state index in [1.807, 2.05) is 0 Å². The topological polar surface area (TPSA) is 43.4 Å². The first-order chi connectivity index (χ1) is 8.00. The molecule has 0 fully saturated rings. The van der Waals surface area contributed by atoms with Crippen LogP contribution in [0.2, 0.25) is 10.0 Å². The minimum atomic E-state index is -4.57. The number of halogens is 6. The number of hydrogen-bond acceptors (Lipinski definition) is 3. The Balaban J connectivity index is 3.10. The fourth-order valence-corrected chi connectivity index (χ4v) is 2.48. The molecule has 0 atom stereocenters. The molecule has 0 N–H and O–H groups in total. The van der Waals surface area contributed by atoms with Gasteiger partial charge in [0.15, 0.2) is 12.4 Å². The summed E-state index contributed by atoms with van der Waals surface area (Å²) in [6.07, 6.45) is -4.57. The molecule has 0 spiro atoms. The molecule has 1 rings (SSSR count). The van der Waals surface area contributed by atoms with Crippen LogP contribution in [0.25, 0.3) is 0 Å². The lowest BCUT2D eigenvalue weighted by molar-refractivity contribution is -0.153. The van der Waals surface area contributed by atoms with Gasteiger partial charge in [-0.15, -0.1) is 0 Å². The molecule has 0 saturated heterocycles. The molecule has 1 aromatic rings. The number of rotatable bonds is 3. The quantitative estimate of drug-likeness (QED) is 0.783. The van der Waals surface area contributed by atoms with Crippen molar-refractivity contribution < 1.29 is 26.3 Å². The van der Waals surface area contributed by atoms with Crippen molar-refractivity contribution >= 4 is 42.9 Å². The van der Waals surface area contributed by atoms with Crippen LogP contribution in [0, 0.1) is 0 Å². The predicted octanol–water partition coefficient (Wildman–Crippen LogP) is 3.86. The fraction of sp³-hybridized carbons (Fsp3) is 0.250. The van der Waals surface area contributed by atoms with Gasteiger partial charge in [-0.3, -0.25) is 0 Å². The summed E-state index contributed by atoms with van der Waals surface area (Å²) in [5.41, 5.74) is 0. The van der Waals surface area contributed by atoms with Crippen LogP contribution in [0.5, 0.6) is 5.75 Å². The molecule has 0 heterocycles. The Bertz CT molecular complexity index is 533. The van der Waals surface area contributed by atoms with E-state index >= 15 is 0 Å². The van der Waals surface area contributed by atoms with Crippen LogP contribution in [-0.4, -0.2) is 21.2 Å². The first-order valence-electron chi connectivity index (χ1n) is 4.14. The van der Waals surface area contributed by atoms with Crippen LogP contribution < -0.4 is 4.74 Å². The third-order valence-electron chi connectivity index (χ3n) is 1.63. The van der Waals surface area contributed by atoms with Crippen molar-refractivity contribution in [1.29, 1.82) is 0 Å². The van der Waals surface area contributed by atoms with Crippen molar-refractivity contribution in [3.05, 3.63) is 22.2 Å². The van der Waals surface area contributed by atoms with Gasteiger partial charge in [-0.25, -0.2) is 8.42 Å². The largest absolute Gasteiger partial charge is 0.481 e. The summed E-state index contributed by atoms with van der Waals surface area (Å²) in [6.45, 7) is -1.60. The summed E-state index contributed by atoms with van der Waals surface area (Å²) in [4.78, 5) is -0.432. The molecule has 102 valence electrons. The fourth-order valence-electron chi connectivity index (χ4n) is 0.969. The van der Waals surface area contributed by atoms with E-state index in [9.17, 15) is 21.6 Å². The molecule has 1 aromatic carbocycles. The number of alkyl halides is 3. The molecule has 0 saturated carbocycles. The van der Waals surface area contributed by atoms with E-state index in [2.05, 4.69) is 4.74 Å². The molecule has 0 aliphatic carbocycles. The maximum atomic E-state index is 11.9. The van der Waals surface area contributed by atoms with Crippen molar-refractivity contribution in [3.8, 4) is 5.75 Å². The Morgan fingerprint density at radius 2 is 1.61 bits per heavy atom. The standard InChI is InChI=1S/C8H4Cl3F3O3S/c9-5-1-4(18(11,15)16)2-6(10)7(5)17-3-8(12,13)14/h1-2H,3H2. The summed E-state index contributed by atoms with van der Waals surface area (Å²) >= 11 is 11.1.